The first-order valence-electron chi connectivity index (χ1n) is 11.0. The van der Waals surface area contributed by atoms with E-state index >= 15 is 0 Å². The summed E-state index contributed by atoms with van der Waals surface area (Å²) in [7, 11) is 0. The molecule has 0 unspecified atom stereocenters. The largest absolute Gasteiger partial charge is 0.508 e. The van der Waals surface area contributed by atoms with Crippen LogP contribution in [0.4, 0.5) is 4.79 Å². The van der Waals surface area contributed by atoms with Crippen LogP contribution in [0.5, 0.6) is 11.5 Å². The first kappa shape index (κ1) is 27.9. The molecule has 33 heavy (non-hydrogen) atoms. The third kappa shape index (κ3) is 10.8. The molecule has 0 saturated heterocycles. The monoisotopic (exact) mass is 467 g/mol. The molecule has 1 aromatic carbocycles. The normalized spacial score (nSPS) is 12.3. The molecule has 0 aromatic heterocycles. The number of esters is 3. The van der Waals surface area contributed by atoms with Gasteiger partial charge in [0.15, 0.2) is 11.5 Å². The fraction of sp³-hybridized carbons (Fsp3) is 0.565. The van der Waals surface area contributed by atoms with E-state index in [9.17, 15) is 19.2 Å². The van der Waals surface area contributed by atoms with E-state index < -0.39 is 36.2 Å². The summed E-state index contributed by atoms with van der Waals surface area (Å²) in [6, 6.07) is 3.59. The zero-order valence-corrected chi connectivity index (χ0v) is 19.6. The summed E-state index contributed by atoms with van der Waals surface area (Å²) >= 11 is 0. The summed E-state index contributed by atoms with van der Waals surface area (Å²) in [5.74, 6) is -1.42. The Morgan fingerprint density at radius 3 is 2.09 bits per heavy atom. The number of carbonyl (C=O) groups is 4. The van der Waals surface area contributed by atoms with Crippen LogP contribution in [0, 0.1) is 0 Å². The van der Waals surface area contributed by atoms with Crippen LogP contribution in [0.3, 0.4) is 0 Å². The number of hydrogen-bond donors (Lipinski definition) is 1. The molecule has 1 rings (SSSR count). The summed E-state index contributed by atoms with van der Waals surface area (Å²) in [4.78, 5) is 47.4. The average Bonchev–Trinajstić information content (AvgIpc) is 2.74. The Balaban J connectivity index is 2.81. The maximum Gasteiger partial charge on any atom is 0.508 e. The van der Waals surface area contributed by atoms with Crippen LogP contribution < -0.4 is 15.2 Å². The zero-order valence-electron chi connectivity index (χ0n) is 19.6. The summed E-state index contributed by atoms with van der Waals surface area (Å²) < 4.78 is 25.3. The smallest absolute Gasteiger partial charge is 0.458 e. The standard InChI is InChI=1S/C23H33NO9/c1-5-8-20(25)32-18-11-10-16(13-19(18)33-21(26)9-6-2)12-17(24)22(27)31-15(4)14-30-23(28)29-7-3/h10-11,13,15,17H,5-9,12,14,24H2,1-4H3/t15-,17-/m0/s1. The van der Waals surface area contributed by atoms with E-state index in [0.29, 0.717) is 18.4 Å². The molecule has 184 valence electrons. The third-order valence-corrected chi connectivity index (χ3v) is 4.14. The topological polar surface area (TPSA) is 140 Å². The van der Waals surface area contributed by atoms with E-state index in [0.717, 1.165) is 0 Å². The molecule has 0 fully saturated rings. The highest BCUT2D eigenvalue weighted by atomic mass is 16.7. The molecule has 0 bridgehead atoms. The summed E-state index contributed by atoms with van der Waals surface area (Å²) in [5, 5.41) is 0. The molecule has 10 heteroatoms. The van der Waals surface area contributed by atoms with Gasteiger partial charge in [-0.1, -0.05) is 19.9 Å². The average molecular weight is 468 g/mol. The van der Waals surface area contributed by atoms with Gasteiger partial charge in [0, 0.05) is 12.8 Å². The van der Waals surface area contributed by atoms with E-state index in [1.54, 1.807) is 19.9 Å². The highest BCUT2D eigenvalue weighted by Crippen LogP contribution is 2.30. The molecular weight excluding hydrogens is 434 g/mol. The van der Waals surface area contributed by atoms with E-state index in [1.807, 2.05) is 13.8 Å². The molecule has 0 aliphatic carbocycles. The maximum absolute atomic E-state index is 12.3. The zero-order chi connectivity index (χ0) is 24.8. The minimum absolute atomic E-state index is 0.0752. The molecule has 2 atom stereocenters. The number of nitrogens with two attached hydrogens (primary N) is 1. The number of rotatable bonds is 13. The van der Waals surface area contributed by atoms with Gasteiger partial charge in [0.05, 0.1) is 6.61 Å². The number of carbonyl (C=O) groups excluding carboxylic acids is 4. The van der Waals surface area contributed by atoms with E-state index in [2.05, 4.69) is 4.74 Å². The Morgan fingerprint density at radius 2 is 1.52 bits per heavy atom. The molecule has 0 radical (unpaired) electrons. The van der Waals surface area contributed by atoms with Crippen molar-refractivity contribution >= 4 is 24.1 Å². The Hall–Kier alpha value is -3.14. The summed E-state index contributed by atoms with van der Waals surface area (Å²) in [6.45, 7) is 6.87. The van der Waals surface area contributed by atoms with Crippen molar-refractivity contribution in [1.82, 2.24) is 0 Å². The predicted octanol–water partition coefficient (Wildman–Crippen LogP) is 3.07. The third-order valence-electron chi connectivity index (χ3n) is 4.14. The van der Waals surface area contributed by atoms with E-state index in [-0.39, 0.29) is 44.0 Å². The molecule has 1 aromatic rings. The lowest BCUT2D eigenvalue weighted by Crippen LogP contribution is -2.37. The minimum Gasteiger partial charge on any atom is -0.458 e. The first-order chi connectivity index (χ1) is 15.7. The number of hydrogen-bond acceptors (Lipinski definition) is 10. The highest BCUT2D eigenvalue weighted by Gasteiger charge is 2.21. The fourth-order valence-electron chi connectivity index (χ4n) is 2.60. The molecule has 10 nitrogen and oxygen atoms in total. The highest BCUT2D eigenvalue weighted by molar-refractivity contribution is 5.77. The quantitative estimate of drug-likeness (QED) is 0.340. The van der Waals surface area contributed by atoms with Gasteiger partial charge in [-0.2, -0.15) is 0 Å². The Bertz CT molecular complexity index is 809. The Morgan fingerprint density at radius 1 is 0.909 bits per heavy atom. The lowest BCUT2D eigenvalue weighted by molar-refractivity contribution is -0.152. The van der Waals surface area contributed by atoms with Gasteiger partial charge in [0.1, 0.15) is 18.8 Å². The number of benzene rings is 1. The van der Waals surface area contributed by atoms with Crippen molar-refractivity contribution in [2.45, 2.75) is 71.9 Å². The van der Waals surface area contributed by atoms with Gasteiger partial charge in [-0.3, -0.25) is 14.4 Å². The maximum atomic E-state index is 12.3. The van der Waals surface area contributed by atoms with Crippen molar-refractivity contribution in [2.75, 3.05) is 13.2 Å². The predicted molar refractivity (Wildman–Crippen MR) is 118 cm³/mol. The van der Waals surface area contributed by atoms with Crippen LogP contribution in [0.2, 0.25) is 0 Å². The first-order valence-corrected chi connectivity index (χ1v) is 11.0. The second kappa shape index (κ2) is 14.8. The van der Waals surface area contributed by atoms with Gasteiger partial charge in [-0.15, -0.1) is 0 Å². The second-order valence-corrected chi connectivity index (χ2v) is 7.28. The van der Waals surface area contributed by atoms with Crippen LogP contribution >= 0.6 is 0 Å². The molecule has 0 amide bonds. The van der Waals surface area contributed by atoms with Crippen molar-refractivity contribution in [3.63, 3.8) is 0 Å². The van der Waals surface area contributed by atoms with Crippen molar-refractivity contribution in [3.05, 3.63) is 23.8 Å². The SMILES string of the molecule is CCCC(=O)Oc1ccc(C[C@H](N)C(=O)O[C@@H](C)COC(=O)OCC)cc1OC(=O)CCC. The van der Waals surface area contributed by atoms with Gasteiger partial charge in [-0.05, 0) is 50.8 Å². The van der Waals surface area contributed by atoms with Crippen molar-refractivity contribution < 1.29 is 42.9 Å². The summed E-state index contributed by atoms with van der Waals surface area (Å²) in [5.41, 5.74) is 6.53. The molecule has 0 heterocycles. The van der Waals surface area contributed by atoms with Crippen LogP contribution in [0.25, 0.3) is 0 Å². The van der Waals surface area contributed by atoms with Crippen LogP contribution in [0.1, 0.15) is 58.9 Å². The van der Waals surface area contributed by atoms with Crippen molar-refractivity contribution in [2.24, 2.45) is 5.73 Å². The molecular formula is C23H33NO9. The van der Waals surface area contributed by atoms with Gasteiger partial charge >= 0.3 is 24.1 Å². The Labute approximate surface area is 193 Å². The molecule has 0 aliphatic heterocycles. The van der Waals surface area contributed by atoms with Gasteiger partial charge in [-0.25, -0.2) is 4.79 Å². The van der Waals surface area contributed by atoms with Crippen molar-refractivity contribution in [1.29, 1.82) is 0 Å². The van der Waals surface area contributed by atoms with Gasteiger partial charge < -0.3 is 29.4 Å². The summed E-state index contributed by atoms with van der Waals surface area (Å²) in [6.07, 6.45) is 0.128. The molecule has 2 N–H and O–H groups in total. The molecule has 0 saturated carbocycles. The van der Waals surface area contributed by atoms with E-state index in [1.165, 1.54) is 12.1 Å². The lowest BCUT2D eigenvalue weighted by atomic mass is 10.1. The lowest BCUT2D eigenvalue weighted by Gasteiger charge is -2.17. The van der Waals surface area contributed by atoms with Crippen molar-refractivity contribution in [3.8, 4) is 11.5 Å². The van der Waals surface area contributed by atoms with Gasteiger partial charge in [0.2, 0.25) is 0 Å². The number of ether oxygens (including phenoxy) is 5. The second-order valence-electron chi connectivity index (χ2n) is 7.28. The van der Waals surface area contributed by atoms with E-state index in [4.69, 9.17) is 24.7 Å². The van der Waals surface area contributed by atoms with Gasteiger partial charge in [0.25, 0.3) is 0 Å². The van der Waals surface area contributed by atoms with Crippen LogP contribution in [0.15, 0.2) is 18.2 Å². The van der Waals surface area contributed by atoms with Crippen LogP contribution in [-0.4, -0.2) is 49.4 Å². The Kier molecular flexibility index (Phi) is 12.5. The minimum atomic E-state index is -1.03. The molecule has 0 aliphatic rings. The fourth-order valence-corrected chi connectivity index (χ4v) is 2.60. The van der Waals surface area contributed by atoms with Crippen LogP contribution in [-0.2, 0) is 35.0 Å². The molecule has 0 spiro atoms.